The first-order chi connectivity index (χ1) is 7.40. The number of carboxylic acids is 1. The number of likely N-dealkylation sites (N-methyl/N-ethyl adjacent to an activating group) is 1. The van der Waals surface area contributed by atoms with Gasteiger partial charge in [-0.25, -0.2) is 0 Å². The minimum Gasteiger partial charge on any atom is -0.480 e. The Kier molecular flexibility index (Phi) is 4.29. The fraction of sp³-hybridized carbons (Fsp3) is 0.909. The van der Waals surface area contributed by atoms with Crippen LogP contribution in [0.2, 0.25) is 0 Å². The van der Waals surface area contributed by atoms with Crippen molar-refractivity contribution in [1.82, 2.24) is 4.90 Å². The van der Waals surface area contributed by atoms with Gasteiger partial charge in [-0.1, -0.05) is 0 Å². The van der Waals surface area contributed by atoms with Crippen molar-refractivity contribution in [2.75, 3.05) is 20.8 Å². The van der Waals surface area contributed by atoms with Crippen LogP contribution >= 0.6 is 0 Å². The maximum Gasteiger partial charge on any atom is 0.323 e. The van der Waals surface area contributed by atoms with Gasteiger partial charge in [0.05, 0.1) is 6.61 Å². The van der Waals surface area contributed by atoms with E-state index in [1.807, 2.05) is 7.05 Å². The highest BCUT2D eigenvalue weighted by atomic mass is 16.5. The molecule has 0 heterocycles. The Balaban J connectivity index is 2.55. The average Bonchev–Trinajstić information content (AvgIpc) is 2.61. The highest BCUT2D eigenvalue weighted by Crippen LogP contribution is 2.31. The molecular weight excluding hydrogens is 208 g/mol. The van der Waals surface area contributed by atoms with Gasteiger partial charge in [-0.2, -0.15) is 0 Å². The Morgan fingerprint density at radius 1 is 1.75 bits per heavy atom. The van der Waals surface area contributed by atoms with E-state index in [-0.39, 0.29) is 12.1 Å². The standard InChI is InChI=1S/C11H22N2O3/c1-8(7-16-3)13(2)9-4-5-11(12,6-9)10(14)15/h8-9H,4-7,12H2,1-3H3,(H,14,15). The first-order valence-electron chi connectivity index (χ1n) is 5.64. The van der Waals surface area contributed by atoms with Crippen LogP contribution in [0.4, 0.5) is 0 Å². The van der Waals surface area contributed by atoms with E-state index >= 15 is 0 Å². The van der Waals surface area contributed by atoms with Crippen LogP contribution in [0, 0.1) is 0 Å². The highest BCUT2D eigenvalue weighted by molar-refractivity contribution is 5.79. The number of methoxy groups -OCH3 is 1. The quantitative estimate of drug-likeness (QED) is 0.710. The van der Waals surface area contributed by atoms with Crippen LogP contribution in [0.1, 0.15) is 26.2 Å². The van der Waals surface area contributed by atoms with E-state index in [2.05, 4.69) is 11.8 Å². The molecule has 5 nitrogen and oxygen atoms in total. The second kappa shape index (κ2) is 5.12. The molecule has 1 aliphatic carbocycles. The number of carbonyl (C=O) groups is 1. The van der Waals surface area contributed by atoms with E-state index in [1.165, 1.54) is 0 Å². The summed E-state index contributed by atoms with van der Waals surface area (Å²) in [6.45, 7) is 2.72. The minimum atomic E-state index is -1.04. The molecule has 1 rings (SSSR count). The number of carboxylic acid groups (broad SMARTS) is 1. The fourth-order valence-corrected chi connectivity index (χ4v) is 2.31. The molecule has 1 aliphatic rings. The molecule has 0 saturated heterocycles. The number of aliphatic carboxylic acids is 1. The third-order valence-corrected chi connectivity index (χ3v) is 3.63. The van der Waals surface area contributed by atoms with Crippen LogP contribution in [0.5, 0.6) is 0 Å². The first-order valence-corrected chi connectivity index (χ1v) is 5.64. The molecule has 0 bridgehead atoms. The zero-order valence-corrected chi connectivity index (χ0v) is 10.3. The largest absolute Gasteiger partial charge is 0.480 e. The summed E-state index contributed by atoms with van der Waals surface area (Å²) in [7, 11) is 3.67. The van der Waals surface area contributed by atoms with Gasteiger partial charge < -0.3 is 15.6 Å². The molecule has 0 amide bonds. The predicted molar refractivity (Wildman–Crippen MR) is 61.3 cm³/mol. The molecule has 0 aliphatic heterocycles. The van der Waals surface area contributed by atoms with Crippen LogP contribution in [-0.2, 0) is 9.53 Å². The molecule has 3 unspecified atom stereocenters. The van der Waals surface area contributed by atoms with Gasteiger partial charge in [0.1, 0.15) is 5.54 Å². The summed E-state index contributed by atoms with van der Waals surface area (Å²) in [5.41, 5.74) is 4.81. The van der Waals surface area contributed by atoms with Crippen molar-refractivity contribution >= 4 is 5.97 Å². The van der Waals surface area contributed by atoms with Gasteiger partial charge in [-0.15, -0.1) is 0 Å². The van der Waals surface area contributed by atoms with Gasteiger partial charge in [0.15, 0.2) is 0 Å². The number of rotatable bonds is 5. The van der Waals surface area contributed by atoms with Crippen molar-refractivity contribution < 1.29 is 14.6 Å². The van der Waals surface area contributed by atoms with Crippen LogP contribution < -0.4 is 5.73 Å². The molecule has 1 fully saturated rings. The second-order valence-corrected chi connectivity index (χ2v) is 4.83. The normalized spacial score (nSPS) is 31.9. The molecule has 3 atom stereocenters. The average molecular weight is 230 g/mol. The summed E-state index contributed by atoms with van der Waals surface area (Å²) in [5.74, 6) is -0.886. The van der Waals surface area contributed by atoms with Gasteiger partial charge in [-0.3, -0.25) is 9.69 Å². The third kappa shape index (κ3) is 2.72. The summed E-state index contributed by atoms with van der Waals surface area (Å²) < 4.78 is 5.09. The zero-order chi connectivity index (χ0) is 12.3. The van der Waals surface area contributed by atoms with E-state index < -0.39 is 11.5 Å². The Morgan fingerprint density at radius 3 is 2.81 bits per heavy atom. The summed E-state index contributed by atoms with van der Waals surface area (Å²) in [4.78, 5) is 13.2. The van der Waals surface area contributed by atoms with Crippen LogP contribution in [0.3, 0.4) is 0 Å². The van der Waals surface area contributed by atoms with Crippen molar-refractivity contribution in [1.29, 1.82) is 0 Å². The summed E-state index contributed by atoms with van der Waals surface area (Å²) in [6.07, 6.45) is 1.91. The molecular formula is C11H22N2O3. The first kappa shape index (κ1) is 13.4. The molecule has 0 radical (unpaired) electrons. The lowest BCUT2D eigenvalue weighted by Gasteiger charge is -2.31. The van der Waals surface area contributed by atoms with E-state index in [0.717, 1.165) is 6.42 Å². The molecule has 94 valence electrons. The molecule has 5 heteroatoms. The molecule has 3 N–H and O–H groups in total. The fourth-order valence-electron chi connectivity index (χ4n) is 2.31. The molecule has 0 spiro atoms. The van der Waals surface area contributed by atoms with Crippen molar-refractivity contribution in [3.8, 4) is 0 Å². The molecule has 0 aromatic rings. The van der Waals surface area contributed by atoms with Crippen LogP contribution in [-0.4, -0.2) is 54.4 Å². The Labute approximate surface area is 96.6 Å². The van der Waals surface area contributed by atoms with Gasteiger partial charge >= 0.3 is 5.97 Å². The third-order valence-electron chi connectivity index (χ3n) is 3.63. The molecule has 1 saturated carbocycles. The van der Waals surface area contributed by atoms with Crippen molar-refractivity contribution in [3.63, 3.8) is 0 Å². The van der Waals surface area contributed by atoms with Gasteiger partial charge in [0, 0.05) is 19.2 Å². The number of nitrogens with two attached hydrogens (primary N) is 1. The van der Waals surface area contributed by atoms with Crippen LogP contribution in [0.15, 0.2) is 0 Å². The van der Waals surface area contributed by atoms with Crippen molar-refractivity contribution in [2.45, 2.75) is 43.8 Å². The lowest BCUT2D eigenvalue weighted by molar-refractivity contribution is -0.143. The SMILES string of the molecule is COCC(C)N(C)C1CCC(N)(C(=O)O)C1. The lowest BCUT2D eigenvalue weighted by Crippen LogP contribution is -2.48. The number of ether oxygens (including phenoxy) is 1. The molecule has 16 heavy (non-hydrogen) atoms. The van der Waals surface area contributed by atoms with Gasteiger partial charge in [0.25, 0.3) is 0 Å². The maximum atomic E-state index is 11.0. The number of hydrogen-bond donors (Lipinski definition) is 2. The van der Waals surface area contributed by atoms with Gasteiger partial charge in [-0.05, 0) is 33.2 Å². The maximum absolute atomic E-state index is 11.0. The molecule has 0 aromatic heterocycles. The van der Waals surface area contributed by atoms with Crippen LogP contribution in [0.25, 0.3) is 0 Å². The monoisotopic (exact) mass is 230 g/mol. The van der Waals surface area contributed by atoms with E-state index in [4.69, 9.17) is 15.6 Å². The molecule has 0 aromatic carbocycles. The summed E-state index contributed by atoms with van der Waals surface area (Å²) in [6, 6.07) is 0.525. The second-order valence-electron chi connectivity index (χ2n) is 4.83. The topological polar surface area (TPSA) is 75.8 Å². The van der Waals surface area contributed by atoms with E-state index in [9.17, 15) is 4.79 Å². The smallest absolute Gasteiger partial charge is 0.323 e. The zero-order valence-electron chi connectivity index (χ0n) is 10.3. The predicted octanol–water partition coefficient (Wildman–Crippen LogP) is 0.288. The highest BCUT2D eigenvalue weighted by Gasteiger charge is 2.43. The van der Waals surface area contributed by atoms with Crippen molar-refractivity contribution in [3.05, 3.63) is 0 Å². The Bertz CT molecular complexity index is 260. The minimum absolute atomic E-state index is 0.242. The Hall–Kier alpha value is -0.650. The Morgan fingerprint density at radius 2 is 2.38 bits per heavy atom. The summed E-state index contributed by atoms with van der Waals surface area (Å²) in [5, 5.41) is 9.05. The van der Waals surface area contributed by atoms with Crippen molar-refractivity contribution in [2.24, 2.45) is 5.73 Å². The lowest BCUT2D eigenvalue weighted by atomic mass is 9.99. The van der Waals surface area contributed by atoms with E-state index in [0.29, 0.717) is 19.4 Å². The van der Waals surface area contributed by atoms with Gasteiger partial charge in [0.2, 0.25) is 0 Å². The number of nitrogens with zero attached hydrogens (tertiary/aromatic N) is 1. The summed E-state index contributed by atoms with van der Waals surface area (Å²) >= 11 is 0. The number of hydrogen-bond acceptors (Lipinski definition) is 4. The van der Waals surface area contributed by atoms with E-state index in [1.54, 1.807) is 7.11 Å².